The summed E-state index contributed by atoms with van der Waals surface area (Å²) >= 11 is 25.3. The SMILES string of the molecule is C[Si](C)(O[C@@H](c1ccccc1)c1c(Cl)c(Cl)nc(Cl)c1Cl)c1ccccc1. The molecule has 0 amide bonds. The molecule has 0 spiro atoms. The topological polar surface area (TPSA) is 22.1 Å². The van der Waals surface area contributed by atoms with Crippen molar-refractivity contribution in [2.45, 2.75) is 19.2 Å². The summed E-state index contributed by atoms with van der Waals surface area (Å²) in [5.41, 5.74) is 1.45. The zero-order valence-electron chi connectivity index (χ0n) is 14.7. The Bertz CT molecular complexity index is 909. The fourth-order valence-corrected chi connectivity index (χ4v) is 5.77. The standard InChI is InChI=1S/C20H17Cl4NOSi/c1-27(2,14-11-7-4-8-12-14)26-18(13-9-5-3-6-10-13)15-16(21)19(23)25-20(24)17(15)22/h3-12,18H,1-2H3/t18-/m0/s1. The monoisotopic (exact) mass is 455 g/mol. The Morgan fingerprint density at radius 3 is 1.78 bits per heavy atom. The van der Waals surface area contributed by atoms with Crippen LogP contribution in [0.3, 0.4) is 0 Å². The van der Waals surface area contributed by atoms with E-state index in [2.05, 4.69) is 30.2 Å². The van der Waals surface area contributed by atoms with E-state index >= 15 is 0 Å². The predicted molar refractivity (Wildman–Crippen MR) is 117 cm³/mol. The molecule has 2 aromatic carbocycles. The van der Waals surface area contributed by atoms with Crippen LogP contribution in [0.15, 0.2) is 60.7 Å². The van der Waals surface area contributed by atoms with Crippen LogP contribution < -0.4 is 5.19 Å². The van der Waals surface area contributed by atoms with Gasteiger partial charge < -0.3 is 4.43 Å². The first-order valence-corrected chi connectivity index (χ1v) is 12.7. The molecule has 0 N–H and O–H groups in total. The molecule has 27 heavy (non-hydrogen) atoms. The summed E-state index contributed by atoms with van der Waals surface area (Å²) in [4.78, 5) is 3.99. The Morgan fingerprint density at radius 2 is 1.26 bits per heavy atom. The number of rotatable bonds is 5. The van der Waals surface area contributed by atoms with Crippen LogP contribution in [0.1, 0.15) is 17.2 Å². The molecule has 2 nitrogen and oxygen atoms in total. The number of halogens is 4. The van der Waals surface area contributed by atoms with Crippen molar-refractivity contribution in [2.75, 3.05) is 0 Å². The Morgan fingerprint density at radius 1 is 0.778 bits per heavy atom. The van der Waals surface area contributed by atoms with E-state index in [9.17, 15) is 0 Å². The van der Waals surface area contributed by atoms with E-state index in [1.165, 1.54) is 0 Å². The van der Waals surface area contributed by atoms with Gasteiger partial charge in [-0.05, 0) is 23.8 Å². The maximum atomic E-state index is 6.69. The molecule has 0 aliphatic carbocycles. The van der Waals surface area contributed by atoms with Gasteiger partial charge in [0.1, 0.15) is 10.3 Å². The van der Waals surface area contributed by atoms with Gasteiger partial charge in [0.2, 0.25) is 8.32 Å². The number of benzene rings is 2. The van der Waals surface area contributed by atoms with Crippen molar-refractivity contribution in [3.63, 3.8) is 0 Å². The van der Waals surface area contributed by atoms with Crippen molar-refractivity contribution >= 4 is 59.9 Å². The second-order valence-electron chi connectivity index (χ2n) is 6.52. The van der Waals surface area contributed by atoms with Gasteiger partial charge in [0.05, 0.1) is 16.1 Å². The summed E-state index contributed by atoms with van der Waals surface area (Å²) in [6, 6.07) is 19.9. The number of hydrogen-bond acceptors (Lipinski definition) is 2. The van der Waals surface area contributed by atoms with Gasteiger partial charge in [-0.1, -0.05) is 107 Å². The van der Waals surface area contributed by atoms with Crippen LogP contribution in [-0.2, 0) is 4.43 Å². The first kappa shape index (κ1) is 20.7. The van der Waals surface area contributed by atoms with Crippen LogP contribution in [0.25, 0.3) is 0 Å². The highest BCUT2D eigenvalue weighted by atomic mass is 35.5. The van der Waals surface area contributed by atoms with Crippen molar-refractivity contribution < 1.29 is 4.43 Å². The second kappa shape index (κ2) is 8.52. The Kier molecular flexibility index (Phi) is 6.52. The Balaban J connectivity index is 2.15. The zero-order valence-corrected chi connectivity index (χ0v) is 18.7. The average molecular weight is 457 g/mol. The highest BCUT2D eigenvalue weighted by molar-refractivity contribution is 6.84. The number of nitrogens with zero attached hydrogens (tertiary/aromatic N) is 1. The van der Waals surface area contributed by atoms with E-state index < -0.39 is 14.4 Å². The first-order chi connectivity index (χ1) is 12.8. The highest BCUT2D eigenvalue weighted by Crippen LogP contribution is 2.43. The third kappa shape index (κ3) is 4.51. The molecule has 7 heteroatoms. The number of hydrogen-bond donors (Lipinski definition) is 0. The lowest BCUT2D eigenvalue weighted by atomic mass is 10.0. The van der Waals surface area contributed by atoms with E-state index in [1.54, 1.807) is 0 Å². The summed E-state index contributed by atoms with van der Waals surface area (Å²) in [5.74, 6) is 0. The van der Waals surface area contributed by atoms with E-state index in [4.69, 9.17) is 50.8 Å². The van der Waals surface area contributed by atoms with Gasteiger partial charge in [-0.2, -0.15) is 0 Å². The molecule has 0 saturated carbocycles. The molecule has 0 aliphatic heterocycles. The lowest BCUT2D eigenvalue weighted by Gasteiger charge is -2.31. The average Bonchev–Trinajstić information content (AvgIpc) is 2.67. The maximum absolute atomic E-state index is 6.69. The van der Waals surface area contributed by atoms with Crippen molar-refractivity contribution in [1.82, 2.24) is 4.98 Å². The van der Waals surface area contributed by atoms with Crippen LogP contribution >= 0.6 is 46.4 Å². The van der Waals surface area contributed by atoms with Crippen molar-refractivity contribution in [2.24, 2.45) is 0 Å². The molecular weight excluding hydrogens is 440 g/mol. The van der Waals surface area contributed by atoms with E-state index in [0.29, 0.717) is 5.56 Å². The molecule has 0 bridgehead atoms. The lowest BCUT2D eigenvalue weighted by molar-refractivity contribution is 0.243. The second-order valence-corrected chi connectivity index (χ2v) is 11.8. The minimum atomic E-state index is -2.31. The third-order valence-electron chi connectivity index (χ3n) is 4.28. The van der Waals surface area contributed by atoms with Crippen LogP contribution in [-0.4, -0.2) is 13.3 Å². The van der Waals surface area contributed by atoms with Crippen molar-refractivity contribution in [3.05, 3.63) is 92.1 Å². The van der Waals surface area contributed by atoms with Gasteiger partial charge in [0, 0.05) is 5.56 Å². The molecule has 0 fully saturated rings. The van der Waals surface area contributed by atoms with Crippen LogP contribution in [0.2, 0.25) is 33.4 Å². The van der Waals surface area contributed by atoms with Crippen molar-refractivity contribution in [1.29, 1.82) is 0 Å². The van der Waals surface area contributed by atoms with E-state index in [0.717, 1.165) is 10.8 Å². The predicted octanol–water partition coefficient (Wildman–Crippen LogP) is 6.91. The van der Waals surface area contributed by atoms with E-state index in [-0.39, 0.29) is 20.4 Å². The van der Waals surface area contributed by atoms with Gasteiger partial charge in [-0.15, -0.1) is 0 Å². The molecule has 1 heterocycles. The minimum Gasteiger partial charge on any atom is -0.402 e. The molecule has 3 rings (SSSR count). The van der Waals surface area contributed by atoms with Gasteiger partial charge in [0.15, 0.2) is 0 Å². The molecule has 0 aliphatic rings. The van der Waals surface area contributed by atoms with Crippen LogP contribution in [0, 0.1) is 0 Å². The molecule has 140 valence electrons. The Labute approximate surface area is 180 Å². The summed E-state index contributed by atoms with van der Waals surface area (Å²) in [5, 5.41) is 1.86. The normalized spacial score (nSPS) is 12.8. The summed E-state index contributed by atoms with van der Waals surface area (Å²) in [7, 11) is -2.31. The van der Waals surface area contributed by atoms with Gasteiger partial charge in [0.25, 0.3) is 0 Å². The largest absolute Gasteiger partial charge is 0.402 e. The van der Waals surface area contributed by atoms with E-state index in [1.807, 2.05) is 48.5 Å². The molecular formula is C20H17Cl4NOSi. The van der Waals surface area contributed by atoms with Crippen LogP contribution in [0.4, 0.5) is 0 Å². The number of pyridine rings is 1. The molecule has 0 radical (unpaired) electrons. The molecule has 0 unspecified atom stereocenters. The molecule has 1 atom stereocenters. The third-order valence-corrected chi connectivity index (χ3v) is 8.33. The molecule has 0 saturated heterocycles. The fraction of sp³-hybridized carbons (Fsp3) is 0.150. The summed E-state index contributed by atoms with van der Waals surface area (Å²) in [6.45, 7) is 4.26. The highest BCUT2D eigenvalue weighted by Gasteiger charge is 2.33. The summed E-state index contributed by atoms with van der Waals surface area (Å²) < 4.78 is 6.69. The molecule has 3 aromatic rings. The maximum Gasteiger partial charge on any atom is 0.219 e. The Hall–Kier alpha value is -1.07. The number of aromatic nitrogens is 1. The van der Waals surface area contributed by atoms with Gasteiger partial charge in [-0.25, -0.2) is 4.98 Å². The fourth-order valence-electron chi connectivity index (χ4n) is 2.86. The quantitative estimate of drug-likeness (QED) is 0.307. The minimum absolute atomic E-state index is 0.102. The summed E-state index contributed by atoms with van der Waals surface area (Å²) in [6.07, 6.45) is -0.522. The zero-order chi connectivity index (χ0) is 19.6. The smallest absolute Gasteiger partial charge is 0.219 e. The molecule has 1 aromatic heterocycles. The first-order valence-electron chi connectivity index (χ1n) is 8.29. The van der Waals surface area contributed by atoms with Gasteiger partial charge >= 0.3 is 0 Å². The van der Waals surface area contributed by atoms with Gasteiger partial charge in [-0.3, -0.25) is 0 Å². The van der Waals surface area contributed by atoms with Crippen LogP contribution in [0.5, 0.6) is 0 Å². The van der Waals surface area contributed by atoms with Crippen molar-refractivity contribution in [3.8, 4) is 0 Å². The lowest BCUT2D eigenvalue weighted by Crippen LogP contribution is -2.45.